The summed E-state index contributed by atoms with van der Waals surface area (Å²) in [6.45, 7) is 0.985. The summed E-state index contributed by atoms with van der Waals surface area (Å²) in [6, 6.07) is 10.6. The summed E-state index contributed by atoms with van der Waals surface area (Å²) >= 11 is 5.97. The Bertz CT molecular complexity index is 873. The molecule has 26 heavy (non-hydrogen) atoms. The first-order chi connectivity index (χ1) is 12.5. The molecule has 0 aromatic heterocycles. The Labute approximate surface area is 155 Å². The molecule has 1 spiro atoms. The lowest BCUT2D eigenvalue weighted by Gasteiger charge is -2.44. The molecule has 1 saturated heterocycles. The van der Waals surface area contributed by atoms with Gasteiger partial charge >= 0.3 is 0 Å². The number of benzene rings is 2. The van der Waals surface area contributed by atoms with Gasteiger partial charge in [0.2, 0.25) is 0 Å². The number of rotatable bonds is 1. The van der Waals surface area contributed by atoms with Crippen molar-refractivity contribution in [2.45, 2.75) is 24.9 Å². The molecule has 2 aliphatic rings. The molecule has 0 radical (unpaired) electrons. The van der Waals surface area contributed by atoms with Crippen LogP contribution in [0.3, 0.4) is 0 Å². The van der Waals surface area contributed by atoms with Gasteiger partial charge in [-0.2, -0.15) is 0 Å². The molecule has 1 fully saturated rings. The average molecular weight is 374 g/mol. The lowest BCUT2D eigenvalue weighted by Crippen LogP contribution is -2.52. The Balaban J connectivity index is 1.48. The molecule has 0 atom stereocenters. The van der Waals surface area contributed by atoms with Crippen LogP contribution in [-0.4, -0.2) is 35.3 Å². The fourth-order valence-electron chi connectivity index (χ4n) is 3.64. The molecule has 134 valence electrons. The van der Waals surface area contributed by atoms with E-state index in [0.29, 0.717) is 54.3 Å². The number of ketones is 1. The third-order valence-electron chi connectivity index (χ3n) is 5.10. The number of carbonyl (C=O) groups excluding carboxylic acids is 2. The predicted octanol–water partition coefficient (Wildman–Crippen LogP) is 4.12. The van der Waals surface area contributed by atoms with Crippen LogP contribution in [0.2, 0.25) is 5.02 Å². The predicted molar refractivity (Wildman–Crippen MR) is 95.3 cm³/mol. The van der Waals surface area contributed by atoms with E-state index in [1.54, 1.807) is 23.1 Å². The molecule has 6 heteroatoms. The minimum absolute atomic E-state index is 0.0204. The molecule has 0 aliphatic carbocycles. The highest BCUT2D eigenvalue weighted by Gasteiger charge is 2.43. The van der Waals surface area contributed by atoms with Crippen molar-refractivity contribution >= 4 is 23.3 Å². The smallest absolute Gasteiger partial charge is 0.253 e. The van der Waals surface area contributed by atoms with E-state index < -0.39 is 5.60 Å². The van der Waals surface area contributed by atoms with Gasteiger partial charge in [-0.1, -0.05) is 11.6 Å². The summed E-state index contributed by atoms with van der Waals surface area (Å²) in [6.07, 6.45) is 1.44. The minimum atomic E-state index is -0.572. The second kappa shape index (κ2) is 6.40. The van der Waals surface area contributed by atoms with Crippen LogP contribution in [0.25, 0.3) is 0 Å². The number of carbonyl (C=O) groups is 2. The largest absolute Gasteiger partial charge is 0.486 e. The zero-order valence-corrected chi connectivity index (χ0v) is 14.8. The number of likely N-dealkylation sites (tertiary alicyclic amines) is 1. The Morgan fingerprint density at radius 3 is 2.50 bits per heavy atom. The molecular formula is C20H17ClFNO3. The standard InChI is InChI=1S/C20H17ClFNO3/c21-14-3-6-18-16(11-14)17(24)12-20(26-18)7-9-23(10-8-20)19(25)13-1-4-15(22)5-2-13/h1-6,11H,7-10,12H2. The van der Waals surface area contributed by atoms with Crippen LogP contribution in [0.5, 0.6) is 5.75 Å². The molecule has 0 N–H and O–H groups in total. The first-order valence-electron chi connectivity index (χ1n) is 8.52. The first-order valence-corrected chi connectivity index (χ1v) is 8.90. The fraction of sp³-hybridized carbons (Fsp3) is 0.300. The third-order valence-corrected chi connectivity index (χ3v) is 5.34. The number of nitrogens with zero attached hydrogens (tertiary/aromatic N) is 1. The summed E-state index contributed by atoms with van der Waals surface area (Å²) in [5, 5.41) is 0.511. The number of fused-ring (bicyclic) bond motifs is 1. The van der Waals surface area contributed by atoms with E-state index in [1.807, 2.05) is 0 Å². The monoisotopic (exact) mass is 373 g/mol. The molecule has 4 rings (SSSR count). The summed E-state index contributed by atoms with van der Waals surface area (Å²) in [4.78, 5) is 26.8. The van der Waals surface area contributed by atoms with Gasteiger partial charge in [0.1, 0.15) is 17.2 Å². The van der Waals surface area contributed by atoms with E-state index in [9.17, 15) is 14.0 Å². The summed E-state index contributed by atoms with van der Waals surface area (Å²) in [5.74, 6) is 0.0808. The van der Waals surface area contributed by atoms with E-state index in [2.05, 4.69) is 0 Å². The molecule has 2 aliphatic heterocycles. The second-order valence-corrected chi connectivity index (χ2v) is 7.26. The van der Waals surface area contributed by atoms with Gasteiger partial charge in [-0.05, 0) is 42.5 Å². The van der Waals surface area contributed by atoms with Gasteiger partial charge in [0.05, 0.1) is 12.0 Å². The molecule has 2 heterocycles. The Kier molecular flexibility index (Phi) is 4.19. The maximum Gasteiger partial charge on any atom is 0.253 e. The highest BCUT2D eigenvalue weighted by atomic mass is 35.5. The topological polar surface area (TPSA) is 46.6 Å². The zero-order chi connectivity index (χ0) is 18.3. The Morgan fingerprint density at radius 2 is 1.81 bits per heavy atom. The van der Waals surface area contributed by atoms with Crippen LogP contribution >= 0.6 is 11.6 Å². The number of piperidine rings is 1. The SMILES string of the molecule is O=C1CC2(CCN(C(=O)c3ccc(F)cc3)CC2)Oc2ccc(Cl)cc21. The van der Waals surface area contributed by atoms with Gasteiger partial charge in [-0.15, -0.1) is 0 Å². The van der Waals surface area contributed by atoms with Crippen molar-refractivity contribution in [3.63, 3.8) is 0 Å². The number of amides is 1. The molecule has 0 bridgehead atoms. The molecule has 2 aromatic carbocycles. The average Bonchev–Trinajstić information content (AvgIpc) is 2.63. The molecule has 4 nitrogen and oxygen atoms in total. The Hall–Kier alpha value is -2.40. The number of Topliss-reactive ketones (excluding diaryl/α,β-unsaturated/α-hetero) is 1. The normalized spacial score (nSPS) is 18.4. The van der Waals surface area contributed by atoms with Crippen LogP contribution in [0, 0.1) is 5.82 Å². The quantitative estimate of drug-likeness (QED) is 0.755. The van der Waals surface area contributed by atoms with Crippen molar-refractivity contribution in [1.29, 1.82) is 0 Å². The van der Waals surface area contributed by atoms with E-state index >= 15 is 0 Å². The summed E-state index contributed by atoms with van der Waals surface area (Å²) in [7, 11) is 0. The maximum atomic E-state index is 13.0. The van der Waals surface area contributed by atoms with Crippen molar-refractivity contribution in [2.75, 3.05) is 13.1 Å². The van der Waals surface area contributed by atoms with Gasteiger partial charge in [0.15, 0.2) is 5.78 Å². The first kappa shape index (κ1) is 17.0. The number of hydrogen-bond acceptors (Lipinski definition) is 3. The number of halogens is 2. The van der Waals surface area contributed by atoms with Crippen molar-refractivity contribution in [3.05, 3.63) is 64.4 Å². The van der Waals surface area contributed by atoms with Crippen molar-refractivity contribution in [1.82, 2.24) is 4.90 Å². The lowest BCUT2D eigenvalue weighted by atomic mass is 9.82. The summed E-state index contributed by atoms with van der Waals surface area (Å²) < 4.78 is 19.2. The molecule has 0 unspecified atom stereocenters. The Morgan fingerprint density at radius 1 is 1.12 bits per heavy atom. The van der Waals surface area contributed by atoms with Gasteiger partial charge in [0, 0.05) is 36.5 Å². The molecule has 0 saturated carbocycles. The number of hydrogen-bond donors (Lipinski definition) is 0. The number of ether oxygens (including phenoxy) is 1. The maximum absolute atomic E-state index is 13.0. The van der Waals surface area contributed by atoms with Crippen molar-refractivity contribution < 1.29 is 18.7 Å². The van der Waals surface area contributed by atoms with Crippen LogP contribution in [0.15, 0.2) is 42.5 Å². The fourth-order valence-corrected chi connectivity index (χ4v) is 3.81. The van der Waals surface area contributed by atoms with Crippen molar-refractivity contribution in [3.8, 4) is 5.75 Å². The van der Waals surface area contributed by atoms with Gasteiger partial charge in [0.25, 0.3) is 5.91 Å². The molecule has 2 aromatic rings. The van der Waals surface area contributed by atoms with E-state index in [-0.39, 0.29) is 17.5 Å². The van der Waals surface area contributed by atoms with E-state index in [0.717, 1.165) is 0 Å². The van der Waals surface area contributed by atoms with Crippen LogP contribution in [0.4, 0.5) is 4.39 Å². The van der Waals surface area contributed by atoms with Gasteiger partial charge < -0.3 is 9.64 Å². The zero-order valence-electron chi connectivity index (χ0n) is 14.0. The minimum Gasteiger partial charge on any atom is -0.486 e. The third kappa shape index (κ3) is 3.07. The van der Waals surface area contributed by atoms with E-state index in [4.69, 9.17) is 16.3 Å². The summed E-state index contributed by atoms with van der Waals surface area (Å²) in [5.41, 5.74) is 0.410. The highest BCUT2D eigenvalue weighted by Crippen LogP contribution is 2.40. The molecule has 1 amide bonds. The highest BCUT2D eigenvalue weighted by molar-refractivity contribution is 6.31. The lowest BCUT2D eigenvalue weighted by molar-refractivity contribution is -0.00570. The second-order valence-electron chi connectivity index (χ2n) is 6.82. The van der Waals surface area contributed by atoms with Gasteiger partial charge in [-0.25, -0.2) is 4.39 Å². The molecular weight excluding hydrogens is 357 g/mol. The van der Waals surface area contributed by atoms with Crippen LogP contribution in [-0.2, 0) is 0 Å². The van der Waals surface area contributed by atoms with Crippen molar-refractivity contribution in [2.24, 2.45) is 0 Å². The van der Waals surface area contributed by atoms with Gasteiger partial charge in [-0.3, -0.25) is 9.59 Å². The van der Waals surface area contributed by atoms with Crippen LogP contribution < -0.4 is 4.74 Å². The van der Waals surface area contributed by atoms with E-state index in [1.165, 1.54) is 24.3 Å². The van der Waals surface area contributed by atoms with Crippen LogP contribution in [0.1, 0.15) is 40.0 Å².